The molecule has 0 amide bonds. The van der Waals surface area contributed by atoms with Gasteiger partial charge in [-0.25, -0.2) is 14.6 Å². The summed E-state index contributed by atoms with van der Waals surface area (Å²) in [7, 11) is 3.04. The molecular formula is C32H29BrN2O8S. The maximum Gasteiger partial charge on any atom is 0.338 e. The number of hydrogen-bond donors (Lipinski definition) is 0. The maximum absolute atomic E-state index is 14.0. The van der Waals surface area contributed by atoms with E-state index in [-0.39, 0.29) is 24.3 Å². The molecule has 0 unspecified atom stereocenters. The number of carbonyl (C=O) groups is 2. The predicted molar refractivity (Wildman–Crippen MR) is 168 cm³/mol. The van der Waals surface area contributed by atoms with E-state index in [4.69, 9.17) is 23.4 Å². The van der Waals surface area contributed by atoms with Gasteiger partial charge in [-0.3, -0.25) is 9.36 Å². The molecule has 3 heterocycles. The third kappa shape index (κ3) is 5.87. The molecule has 44 heavy (non-hydrogen) atoms. The van der Waals surface area contributed by atoms with Gasteiger partial charge in [-0.05, 0) is 62.7 Å². The molecule has 2 aromatic carbocycles. The topological polar surface area (TPSA) is 119 Å². The molecule has 0 N–H and O–H groups in total. The Kier molecular flexibility index (Phi) is 9.21. The Hall–Kier alpha value is -4.42. The molecule has 0 radical (unpaired) electrons. The summed E-state index contributed by atoms with van der Waals surface area (Å²) in [4.78, 5) is 44.5. The Balaban J connectivity index is 1.63. The van der Waals surface area contributed by atoms with Gasteiger partial charge in [0.25, 0.3) is 5.56 Å². The van der Waals surface area contributed by atoms with E-state index in [1.165, 1.54) is 30.1 Å². The summed E-state index contributed by atoms with van der Waals surface area (Å²) in [6, 6.07) is 13.0. The van der Waals surface area contributed by atoms with Gasteiger partial charge in [-0.15, -0.1) is 0 Å². The first-order valence-electron chi connectivity index (χ1n) is 13.7. The first kappa shape index (κ1) is 31.0. The Morgan fingerprint density at radius 1 is 1.02 bits per heavy atom. The number of hydrogen-bond acceptors (Lipinski definition) is 10. The van der Waals surface area contributed by atoms with Crippen LogP contribution in [0.1, 0.15) is 48.5 Å². The molecule has 0 spiro atoms. The monoisotopic (exact) mass is 680 g/mol. The number of rotatable bonds is 9. The van der Waals surface area contributed by atoms with E-state index >= 15 is 0 Å². The molecule has 228 valence electrons. The standard InChI is InChI=1S/C32H29BrN2O8S/c1-6-41-30(37)19-10-8-9-18(13-19)23-12-11-20(43-23)14-26-29(36)35-28(21-15-24(39-4)25(40-5)16-22(21)33)27(31(38)42-7-2)17(3)34-32(35)44-26/h8-16,28H,6-7H2,1-5H3/b26-14-/t28-/m0/s1. The van der Waals surface area contributed by atoms with Crippen molar-refractivity contribution in [2.45, 2.75) is 26.8 Å². The smallest absolute Gasteiger partial charge is 0.338 e. The molecule has 0 fully saturated rings. The van der Waals surface area contributed by atoms with Crippen molar-refractivity contribution in [3.8, 4) is 22.8 Å². The fourth-order valence-corrected chi connectivity index (χ4v) is 6.46. The summed E-state index contributed by atoms with van der Waals surface area (Å²) in [5, 5.41) is 0. The number of furan rings is 1. The fourth-order valence-electron chi connectivity index (χ4n) is 4.89. The lowest BCUT2D eigenvalue weighted by Crippen LogP contribution is -2.40. The number of aromatic nitrogens is 1. The lowest BCUT2D eigenvalue weighted by Gasteiger charge is -2.26. The zero-order valence-electron chi connectivity index (χ0n) is 24.6. The lowest BCUT2D eigenvalue weighted by molar-refractivity contribution is -0.139. The zero-order chi connectivity index (χ0) is 31.5. The molecule has 1 atom stereocenters. The van der Waals surface area contributed by atoms with Crippen LogP contribution in [0.15, 0.2) is 78.5 Å². The van der Waals surface area contributed by atoms with Gasteiger partial charge in [0.15, 0.2) is 16.3 Å². The average Bonchev–Trinajstić information content (AvgIpc) is 3.60. The van der Waals surface area contributed by atoms with Crippen molar-refractivity contribution in [3.63, 3.8) is 0 Å². The predicted octanol–water partition coefficient (Wildman–Crippen LogP) is 5.01. The first-order chi connectivity index (χ1) is 21.2. The van der Waals surface area contributed by atoms with E-state index in [9.17, 15) is 14.4 Å². The Morgan fingerprint density at radius 2 is 1.73 bits per heavy atom. The van der Waals surface area contributed by atoms with Crippen LogP contribution < -0.4 is 24.4 Å². The van der Waals surface area contributed by atoms with Crippen LogP contribution in [-0.4, -0.2) is 43.9 Å². The van der Waals surface area contributed by atoms with Crippen molar-refractivity contribution < 1.29 is 33.0 Å². The number of thiazole rings is 1. The van der Waals surface area contributed by atoms with Gasteiger partial charge in [0, 0.05) is 16.1 Å². The summed E-state index contributed by atoms with van der Waals surface area (Å²) >= 11 is 4.78. The highest BCUT2D eigenvalue weighted by Crippen LogP contribution is 2.40. The number of fused-ring (bicyclic) bond motifs is 1. The van der Waals surface area contributed by atoms with Crippen molar-refractivity contribution in [1.29, 1.82) is 0 Å². The quantitative estimate of drug-likeness (QED) is 0.226. The summed E-state index contributed by atoms with van der Waals surface area (Å²) < 4.78 is 30.0. The zero-order valence-corrected chi connectivity index (χ0v) is 27.0. The van der Waals surface area contributed by atoms with Crippen molar-refractivity contribution in [3.05, 3.63) is 101 Å². The van der Waals surface area contributed by atoms with E-state index in [1.54, 1.807) is 69.3 Å². The highest BCUT2D eigenvalue weighted by atomic mass is 79.9. The van der Waals surface area contributed by atoms with Crippen LogP contribution in [-0.2, 0) is 14.3 Å². The normalized spacial score (nSPS) is 14.6. The van der Waals surface area contributed by atoms with Crippen molar-refractivity contribution >= 4 is 45.3 Å². The SMILES string of the molecule is CCOC(=O)C1=C(C)N=c2s/c(=C\c3ccc(-c4cccc(C(=O)OCC)c4)o3)c(=O)n2[C@H]1c1cc(OC)c(OC)cc1Br. The van der Waals surface area contributed by atoms with E-state index in [0.717, 1.165) is 0 Å². The number of nitrogens with zero attached hydrogens (tertiary/aromatic N) is 2. The minimum atomic E-state index is -0.862. The number of esters is 2. The fraction of sp³-hybridized carbons (Fsp3) is 0.250. The molecule has 4 aromatic rings. The number of methoxy groups -OCH3 is 2. The van der Waals surface area contributed by atoms with Crippen LogP contribution in [0.2, 0.25) is 0 Å². The van der Waals surface area contributed by atoms with E-state index in [0.29, 0.717) is 59.2 Å². The van der Waals surface area contributed by atoms with Crippen LogP contribution in [0.4, 0.5) is 0 Å². The van der Waals surface area contributed by atoms with Gasteiger partial charge in [-0.1, -0.05) is 39.4 Å². The van der Waals surface area contributed by atoms with Crippen LogP contribution in [0.5, 0.6) is 11.5 Å². The van der Waals surface area contributed by atoms with E-state index < -0.39 is 18.0 Å². The number of allylic oxidation sites excluding steroid dienone is 1. The summed E-state index contributed by atoms with van der Waals surface area (Å²) in [5.74, 6) is 0.863. The van der Waals surface area contributed by atoms with Gasteiger partial charge >= 0.3 is 11.9 Å². The van der Waals surface area contributed by atoms with Crippen LogP contribution >= 0.6 is 27.3 Å². The Bertz CT molecular complexity index is 1970. The highest BCUT2D eigenvalue weighted by Gasteiger charge is 2.35. The summed E-state index contributed by atoms with van der Waals surface area (Å²) in [5.41, 5.74) is 1.99. The van der Waals surface area contributed by atoms with Crippen molar-refractivity contribution in [2.24, 2.45) is 4.99 Å². The largest absolute Gasteiger partial charge is 0.493 e. The van der Waals surface area contributed by atoms with Crippen LogP contribution in [0, 0.1) is 0 Å². The maximum atomic E-state index is 14.0. The third-order valence-electron chi connectivity index (χ3n) is 6.87. The summed E-state index contributed by atoms with van der Waals surface area (Å²) in [6.07, 6.45) is 1.63. The number of carbonyl (C=O) groups excluding carboxylic acids is 2. The highest BCUT2D eigenvalue weighted by molar-refractivity contribution is 9.10. The van der Waals surface area contributed by atoms with Crippen LogP contribution in [0.25, 0.3) is 17.4 Å². The van der Waals surface area contributed by atoms with Gasteiger partial charge in [-0.2, -0.15) is 0 Å². The molecule has 10 nitrogen and oxygen atoms in total. The lowest BCUT2D eigenvalue weighted by atomic mass is 9.95. The molecule has 0 bridgehead atoms. The second-order valence-corrected chi connectivity index (χ2v) is 11.4. The molecule has 0 saturated carbocycles. The molecule has 0 saturated heterocycles. The van der Waals surface area contributed by atoms with Crippen molar-refractivity contribution in [2.75, 3.05) is 27.4 Å². The van der Waals surface area contributed by atoms with Gasteiger partial charge < -0.3 is 23.4 Å². The van der Waals surface area contributed by atoms with Gasteiger partial charge in [0.1, 0.15) is 11.5 Å². The minimum Gasteiger partial charge on any atom is -0.493 e. The summed E-state index contributed by atoms with van der Waals surface area (Å²) in [6.45, 7) is 5.61. The van der Waals surface area contributed by atoms with Gasteiger partial charge in [0.05, 0.1) is 54.8 Å². The Labute approximate surface area is 265 Å². The van der Waals surface area contributed by atoms with E-state index in [1.807, 2.05) is 6.07 Å². The molecule has 0 aliphatic carbocycles. The van der Waals surface area contributed by atoms with E-state index in [2.05, 4.69) is 20.9 Å². The Morgan fingerprint density at radius 3 is 2.43 bits per heavy atom. The molecule has 2 aromatic heterocycles. The number of halogens is 1. The molecule has 5 rings (SSSR count). The van der Waals surface area contributed by atoms with Crippen LogP contribution in [0.3, 0.4) is 0 Å². The molecule has 1 aliphatic rings. The molecular weight excluding hydrogens is 652 g/mol. The second kappa shape index (κ2) is 13.1. The average molecular weight is 682 g/mol. The van der Waals surface area contributed by atoms with Gasteiger partial charge in [0.2, 0.25) is 0 Å². The second-order valence-electron chi connectivity index (χ2n) is 9.53. The minimum absolute atomic E-state index is 0.156. The number of benzene rings is 2. The third-order valence-corrected chi connectivity index (χ3v) is 8.54. The first-order valence-corrected chi connectivity index (χ1v) is 15.3. The van der Waals surface area contributed by atoms with Crippen molar-refractivity contribution in [1.82, 2.24) is 4.57 Å². The number of ether oxygens (including phenoxy) is 4. The molecule has 1 aliphatic heterocycles. The molecule has 12 heteroatoms.